The number of carbonyl (C=O) groups excluding carboxylic acids is 2. The number of unbranched alkanes of at least 4 members (excludes halogenated alkanes) is 12. The quantitative estimate of drug-likeness (QED) is 0.0585. The highest BCUT2D eigenvalue weighted by Crippen LogP contribution is 2.21. The molecule has 0 saturated carbocycles. The van der Waals surface area contributed by atoms with E-state index in [9.17, 15) is 29.8 Å². The molecule has 0 bridgehead atoms. The molecule has 1 fully saturated rings. The number of alkyl halides is 1. The molecule has 216 valence electrons. The number of urea groups is 1. The molecule has 1 unspecified atom stereocenters. The maximum absolute atomic E-state index is 12.0. The van der Waals surface area contributed by atoms with Crippen molar-refractivity contribution in [2.45, 2.75) is 127 Å². The zero-order chi connectivity index (χ0) is 27.5. The fraction of sp³-hybridized carbons (Fsp3) is 0.920. The van der Waals surface area contributed by atoms with Crippen molar-refractivity contribution in [1.82, 2.24) is 10.3 Å². The Hall–Kier alpha value is -1.53. The molecule has 2 amide bonds. The third-order valence-corrected chi connectivity index (χ3v) is 6.70. The van der Waals surface area contributed by atoms with E-state index in [0.29, 0.717) is 11.4 Å². The molecule has 4 N–H and O–H groups in total. The van der Waals surface area contributed by atoms with Gasteiger partial charge in [0.1, 0.15) is 31.0 Å². The molecule has 0 aromatic heterocycles. The van der Waals surface area contributed by atoms with Gasteiger partial charge in [0.15, 0.2) is 6.29 Å². The maximum Gasteiger partial charge on any atom is 0.340 e. The molecule has 5 atom stereocenters. The van der Waals surface area contributed by atoms with E-state index >= 15 is 0 Å². The molecule has 1 heterocycles. The second kappa shape index (κ2) is 20.4. The lowest BCUT2D eigenvalue weighted by Gasteiger charge is -2.40. The molecule has 0 radical (unpaired) electrons. The lowest BCUT2D eigenvalue weighted by Crippen LogP contribution is -2.65. The molecule has 1 aliphatic heterocycles. The SMILES string of the molecule is CCCCCCCCCCCCCCCC(=O)OC[C@H]1OC(O)[C@H](NC(=O)N(CCCl)N=O)[C@@H](O)[C@@H]1O. The Morgan fingerprint density at radius 2 is 1.46 bits per heavy atom. The highest BCUT2D eigenvalue weighted by Gasteiger charge is 2.45. The first-order valence-corrected chi connectivity index (χ1v) is 14.2. The van der Waals surface area contributed by atoms with Gasteiger partial charge in [0.25, 0.3) is 0 Å². The third kappa shape index (κ3) is 13.7. The predicted molar refractivity (Wildman–Crippen MR) is 140 cm³/mol. The van der Waals surface area contributed by atoms with Crippen molar-refractivity contribution in [3.63, 3.8) is 0 Å². The monoisotopic (exact) mass is 551 g/mol. The molecule has 0 aromatic carbocycles. The van der Waals surface area contributed by atoms with Gasteiger partial charge in [-0.05, 0) is 6.42 Å². The average Bonchev–Trinajstić information content (AvgIpc) is 2.88. The number of rotatable bonds is 20. The van der Waals surface area contributed by atoms with Gasteiger partial charge in [-0.1, -0.05) is 84.0 Å². The normalized spacial score (nSPS) is 23.4. The summed E-state index contributed by atoms with van der Waals surface area (Å²) < 4.78 is 10.4. The third-order valence-electron chi connectivity index (χ3n) is 6.53. The van der Waals surface area contributed by atoms with Gasteiger partial charge in [-0.25, -0.2) is 4.79 Å². The first-order chi connectivity index (χ1) is 17.8. The Kier molecular flexibility index (Phi) is 18.5. The lowest BCUT2D eigenvalue weighted by molar-refractivity contribution is -0.254. The van der Waals surface area contributed by atoms with Gasteiger partial charge in [0.2, 0.25) is 0 Å². The van der Waals surface area contributed by atoms with Gasteiger partial charge >= 0.3 is 12.0 Å². The molecular formula is C25H46ClN3O8. The van der Waals surface area contributed by atoms with Crippen LogP contribution in [0, 0.1) is 4.91 Å². The Labute approximate surface area is 225 Å². The molecule has 0 spiro atoms. The van der Waals surface area contributed by atoms with Crippen molar-refractivity contribution in [3.8, 4) is 0 Å². The summed E-state index contributed by atoms with van der Waals surface area (Å²) in [4.78, 5) is 34.8. The van der Waals surface area contributed by atoms with E-state index in [1.807, 2.05) is 0 Å². The van der Waals surface area contributed by atoms with Crippen LogP contribution in [0.2, 0.25) is 0 Å². The largest absolute Gasteiger partial charge is 0.463 e. The maximum atomic E-state index is 12.0. The van der Waals surface area contributed by atoms with E-state index in [0.717, 1.165) is 19.3 Å². The number of aliphatic hydroxyl groups excluding tert-OH is 3. The van der Waals surface area contributed by atoms with Gasteiger partial charge in [-0.2, -0.15) is 5.01 Å². The van der Waals surface area contributed by atoms with Gasteiger partial charge < -0.3 is 30.1 Å². The highest BCUT2D eigenvalue weighted by molar-refractivity contribution is 6.18. The van der Waals surface area contributed by atoms with Crippen molar-refractivity contribution in [2.24, 2.45) is 5.29 Å². The summed E-state index contributed by atoms with van der Waals surface area (Å²) in [6, 6.07) is -2.45. The van der Waals surface area contributed by atoms with E-state index in [1.165, 1.54) is 57.8 Å². The number of halogens is 1. The van der Waals surface area contributed by atoms with Crippen LogP contribution in [0.5, 0.6) is 0 Å². The van der Waals surface area contributed by atoms with E-state index in [2.05, 4.69) is 17.5 Å². The first kappa shape index (κ1) is 33.5. The minimum atomic E-state index is -1.71. The minimum absolute atomic E-state index is 0.0548. The van der Waals surface area contributed by atoms with Crippen molar-refractivity contribution >= 4 is 23.6 Å². The molecule has 1 aliphatic rings. The van der Waals surface area contributed by atoms with Crippen molar-refractivity contribution in [2.75, 3.05) is 19.0 Å². The summed E-state index contributed by atoms with van der Waals surface area (Å²) in [5.74, 6) is -0.507. The molecule has 1 saturated heterocycles. The number of nitrogens with one attached hydrogen (secondary N) is 1. The number of nitrogens with zero attached hydrogens (tertiary/aromatic N) is 2. The van der Waals surface area contributed by atoms with Crippen LogP contribution < -0.4 is 5.32 Å². The fourth-order valence-corrected chi connectivity index (χ4v) is 4.41. The summed E-state index contributed by atoms with van der Waals surface area (Å²) in [6.07, 6.45) is 9.80. The number of nitroso groups, excluding NO2 is 1. The molecule has 12 heteroatoms. The second-order valence-corrected chi connectivity index (χ2v) is 9.97. The summed E-state index contributed by atoms with van der Waals surface area (Å²) in [7, 11) is 0. The van der Waals surface area contributed by atoms with Crippen LogP contribution in [-0.4, -0.2) is 82.0 Å². The van der Waals surface area contributed by atoms with Crippen LogP contribution >= 0.6 is 11.6 Å². The van der Waals surface area contributed by atoms with E-state index in [-0.39, 0.29) is 25.5 Å². The number of hydrogen-bond acceptors (Lipinski definition) is 9. The Morgan fingerprint density at radius 3 is 1.97 bits per heavy atom. The molecule has 37 heavy (non-hydrogen) atoms. The summed E-state index contributed by atoms with van der Waals surface area (Å²) in [5.41, 5.74) is 0. The van der Waals surface area contributed by atoms with Crippen LogP contribution in [-0.2, 0) is 14.3 Å². The van der Waals surface area contributed by atoms with Crippen LogP contribution in [0.15, 0.2) is 5.29 Å². The van der Waals surface area contributed by atoms with Crippen LogP contribution in [0.25, 0.3) is 0 Å². The molecule has 0 aliphatic carbocycles. The number of esters is 1. The average molecular weight is 552 g/mol. The molecule has 0 aromatic rings. The number of hydrogen-bond donors (Lipinski definition) is 4. The standard InChI is InChI=1S/C25H46ClN3O8/c1-2-3-4-5-6-7-8-9-10-11-12-13-14-15-20(30)36-18-19-22(31)23(32)21(24(33)37-19)27-25(34)29(28-35)17-16-26/h19,21-24,31-33H,2-18H2,1H3,(H,27,34)/t19-,21-,22-,23-,24?/m1/s1. The zero-order valence-corrected chi connectivity index (χ0v) is 22.8. The second-order valence-electron chi connectivity index (χ2n) is 9.59. The molecule has 1 rings (SSSR count). The van der Waals surface area contributed by atoms with Crippen molar-refractivity contribution in [1.29, 1.82) is 0 Å². The smallest absolute Gasteiger partial charge is 0.340 e. The van der Waals surface area contributed by atoms with E-state index in [4.69, 9.17) is 21.1 Å². The van der Waals surface area contributed by atoms with Gasteiger partial charge in [-0.3, -0.25) is 4.79 Å². The number of carbonyl (C=O) groups is 2. The van der Waals surface area contributed by atoms with Crippen LogP contribution in [0.4, 0.5) is 4.79 Å². The Bertz CT molecular complexity index is 645. The highest BCUT2D eigenvalue weighted by atomic mass is 35.5. The first-order valence-electron chi connectivity index (χ1n) is 13.7. The fourth-order valence-electron chi connectivity index (χ4n) is 4.25. The topological polar surface area (TPSA) is 158 Å². The van der Waals surface area contributed by atoms with Crippen LogP contribution in [0.1, 0.15) is 96.8 Å². The van der Waals surface area contributed by atoms with Crippen molar-refractivity contribution < 1.29 is 34.4 Å². The van der Waals surface area contributed by atoms with Crippen molar-refractivity contribution in [3.05, 3.63) is 4.91 Å². The summed E-state index contributed by atoms with van der Waals surface area (Å²) in [6.45, 7) is 1.69. The number of amides is 2. The van der Waals surface area contributed by atoms with Gasteiger partial charge in [0, 0.05) is 12.3 Å². The van der Waals surface area contributed by atoms with Gasteiger partial charge in [-0.15, -0.1) is 16.5 Å². The zero-order valence-electron chi connectivity index (χ0n) is 22.1. The number of aliphatic hydroxyl groups is 3. The van der Waals surface area contributed by atoms with Gasteiger partial charge in [0.05, 0.1) is 11.8 Å². The Balaban J connectivity index is 2.17. The van der Waals surface area contributed by atoms with Crippen LogP contribution in [0.3, 0.4) is 0 Å². The predicted octanol–water partition coefficient (Wildman–Crippen LogP) is 3.75. The summed E-state index contributed by atoms with van der Waals surface area (Å²) >= 11 is 5.49. The van der Waals surface area contributed by atoms with E-state index in [1.54, 1.807) is 0 Å². The Morgan fingerprint density at radius 1 is 0.919 bits per heavy atom. The minimum Gasteiger partial charge on any atom is -0.463 e. The molecule has 11 nitrogen and oxygen atoms in total. The molecular weight excluding hydrogens is 506 g/mol. The lowest BCUT2D eigenvalue weighted by atomic mass is 9.97. The summed E-state index contributed by atoms with van der Waals surface area (Å²) in [5, 5.41) is 35.9. The number of ether oxygens (including phenoxy) is 2. The van der Waals surface area contributed by atoms with E-state index < -0.39 is 42.6 Å².